The van der Waals surface area contributed by atoms with Gasteiger partial charge >= 0.3 is 5.97 Å². The number of sulfonamides is 1. The normalized spacial score (nSPS) is 11.2. The Kier molecular flexibility index (Phi) is 6.76. The maximum atomic E-state index is 12.3. The van der Waals surface area contributed by atoms with Gasteiger partial charge in [0.2, 0.25) is 15.8 Å². The zero-order valence-corrected chi connectivity index (χ0v) is 16.8. The quantitative estimate of drug-likeness (QED) is 0.487. The van der Waals surface area contributed by atoms with Gasteiger partial charge in [0.25, 0.3) is 0 Å². The molecule has 0 atom stereocenters. The summed E-state index contributed by atoms with van der Waals surface area (Å²) in [6.07, 6.45) is 0. The van der Waals surface area contributed by atoms with Crippen LogP contribution in [-0.4, -0.2) is 59.4 Å². The van der Waals surface area contributed by atoms with E-state index in [0.717, 1.165) is 4.31 Å². The van der Waals surface area contributed by atoms with Crippen LogP contribution in [0.3, 0.4) is 0 Å². The van der Waals surface area contributed by atoms with E-state index in [4.69, 9.17) is 14.2 Å². The summed E-state index contributed by atoms with van der Waals surface area (Å²) in [7, 11) is 2.15. The molecule has 28 heavy (non-hydrogen) atoms. The molecule has 0 radical (unpaired) electrons. The number of hydrogen-bond donors (Lipinski definition) is 0. The summed E-state index contributed by atoms with van der Waals surface area (Å²) < 4.78 is 40.4. The van der Waals surface area contributed by atoms with Crippen molar-refractivity contribution < 1.29 is 32.2 Å². The summed E-state index contributed by atoms with van der Waals surface area (Å²) in [5.41, 5.74) is 0.385. The van der Waals surface area contributed by atoms with Gasteiger partial charge in [0.05, 0.1) is 30.2 Å². The minimum atomic E-state index is -3.59. The number of benzene rings is 2. The third kappa shape index (κ3) is 4.68. The molecule has 2 aromatic rings. The number of Topliss-reactive ketones (excluding diaryl/α,β-unsaturated/α-hetero) is 1. The Bertz CT molecular complexity index is 966. The highest BCUT2D eigenvalue weighted by atomic mass is 32.2. The van der Waals surface area contributed by atoms with Crippen LogP contribution in [-0.2, 0) is 14.8 Å². The van der Waals surface area contributed by atoms with E-state index in [2.05, 4.69) is 0 Å². The standard InChI is InChI=1S/C19H21NO7S/c1-20(2)28(23,24)15-8-5-13(6-9-15)19(22)27-12-17(21)16-10-7-14(25-3)11-18(16)26-4/h5-11H,12H2,1-4H3. The highest BCUT2D eigenvalue weighted by molar-refractivity contribution is 7.89. The van der Waals surface area contributed by atoms with Gasteiger partial charge in [-0.3, -0.25) is 4.79 Å². The molecule has 150 valence electrons. The van der Waals surface area contributed by atoms with Crippen molar-refractivity contribution in [2.75, 3.05) is 34.9 Å². The molecule has 0 aliphatic heterocycles. The molecule has 0 saturated carbocycles. The van der Waals surface area contributed by atoms with Gasteiger partial charge in [-0.25, -0.2) is 17.5 Å². The van der Waals surface area contributed by atoms with Crippen LogP contribution in [0, 0.1) is 0 Å². The zero-order chi connectivity index (χ0) is 20.9. The second-order valence-corrected chi connectivity index (χ2v) is 8.03. The lowest BCUT2D eigenvalue weighted by molar-refractivity contribution is 0.0474. The van der Waals surface area contributed by atoms with E-state index in [1.165, 1.54) is 58.6 Å². The van der Waals surface area contributed by atoms with Crippen molar-refractivity contribution in [2.45, 2.75) is 4.90 Å². The average Bonchev–Trinajstić information content (AvgIpc) is 2.71. The summed E-state index contributed by atoms with van der Waals surface area (Å²) in [4.78, 5) is 24.5. The zero-order valence-electron chi connectivity index (χ0n) is 16.0. The number of rotatable bonds is 8. The van der Waals surface area contributed by atoms with Crippen LogP contribution in [0.15, 0.2) is 47.4 Å². The first-order chi connectivity index (χ1) is 13.2. The maximum absolute atomic E-state index is 12.3. The molecule has 0 unspecified atom stereocenters. The Hall–Kier alpha value is -2.91. The topological polar surface area (TPSA) is 99.2 Å². The Morgan fingerprint density at radius 3 is 2.14 bits per heavy atom. The second kappa shape index (κ2) is 8.85. The molecule has 8 nitrogen and oxygen atoms in total. The smallest absolute Gasteiger partial charge is 0.338 e. The van der Waals surface area contributed by atoms with E-state index < -0.39 is 28.4 Å². The van der Waals surface area contributed by atoms with Gasteiger partial charge < -0.3 is 14.2 Å². The Labute approximate surface area is 163 Å². The average molecular weight is 407 g/mol. The van der Waals surface area contributed by atoms with Crippen molar-refractivity contribution in [1.82, 2.24) is 4.31 Å². The van der Waals surface area contributed by atoms with Gasteiger partial charge in [0.1, 0.15) is 11.5 Å². The molecular formula is C19H21NO7S. The molecule has 0 saturated heterocycles. The monoisotopic (exact) mass is 407 g/mol. The minimum Gasteiger partial charge on any atom is -0.497 e. The molecule has 0 bridgehead atoms. The first-order valence-corrected chi connectivity index (χ1v) is 9.59. The summed E-state index contributed by atoms with van der Waals surface area (Å²) in [5, 5.41) is 0. The first kappa shape index (κ1) is 21.4. The molecule has 0 aliphatic rings. The number of ketones is 1. The summed E-state index contributed by atoms with van der Waals surface area (Å²) in [6.45, 7) is -0.487. The minimum absolute atomic E-state index is 0.0492. The van der Waals surface area contributed by atoms with E-state index in [9.17, 15) is 18.0 Å². The van der Waals surface area contributed by atoms with Crippen molar-refractivity contribution in [3.8, 4) is 11.5 Å². The molecule has 2 rings (SSSR count). The van der Waals surface area contributed by atoms with Crippen molar-refractivity contribution >= 4 is 21.8 Å². The highest BCUT2D eigenvalue weighted by Crippen LogP contribution is 2.25. The van der Waals surface area contributed by atoms with Gasteiger partial charge in [0, 0.05) is 20.2 Å². The number of esters is 1. The lowest BCUT2D eigenvalue weighted by atomic mass is 10.1. The van der Waals surface area contributed by atoms with Gasteiger partial charge in [-0.1, -0.05) is 0 Å². The molecule has 0 heterocycles. The number of nitrogens with zero attached hydrogens (tertiary/aromatic N) is 1. The Balaban J connectivity index is 2.07. The predicted molar refractivity (Wildman–Crippen MR) is 101 cm³/mol. The molecule has 0 N–H and O–H groups in total. The largest absolute Gasteiger partial charge is 0.497 e. The summed E-state index contributed by atoms with van der Waals surface area (Å²) in [5.74, 6) is -0.355. The SMILES string of the molecule is COc1ccc(C(=O)COC(=O)c2ccc(S(=O)(=O)N(C)C)cc2)c(OC)c1. The number of carbonyl (C=O) groups is 2. The molecule has 2 aromatic carbocycles. The fourth-order valence-electron chi connectivity index (χ4n) is 2.29. The number of hydrogen-bond acceptors (Lipinski definition) is 7. The van der Waals surface area contributed by atoms with Gasteiger partial charge in [-0.15, -0.1) is 0 Å². The number of methoxy groups -OCH3 is 2. The fourth-order valence-corrected chi connectivity index (χ4v) is 3.20. The third-order valence-corrected chi connectivity index (χ3v) is 5.74. The van der Waals surface area contributed by atoms with E-state index in [1.807, 2.05) is 0 Å². The van der Waals surface area contributed by atoms with Crippen molar-refractivity contribution in [1.29, 1.82) is 0 Å². The molecule has 0 fully saturated rings. The first-order valence-electron chi connectivity index (χ1n) is 8.15. The van der Waals surface area contributed by atoms with Gasteiger partial charge in [-0.2, -0.15) is 0 Å². The molecule has 0 amide bonds. The Morgan fingerprint density at radius 1 is 0.964 bits per heavy atom. The highest BCUT2D eigenvalue weighted by Gasteiger charge is 2.19. The fraction of sp³-hybridized carbons (Fsp3) is 0.263. The van der Waals surface area contributed by atoms with Crippen LogP contribution in [0.25, 0.3) is 0 Å². The van der Waals surface area contributed by atoms with Crippen LogP contribution in [0.1, 0.15) is 20.7 Å². The molecule has 0 spiro atoms. The van der Waals surface area contributed by atoms with Crippen molar-refractivity contribution in [3.05, 3.63) is 53.6 Å². The lowest BCUT2D eigenvalue weighted by Crippen LogP contribution is -2.22. The van der Waals surface area contributed by atoms with Crippen LogP contribution in [0.4, 0.5) is 0 Å². The van der Waals surface area contributed by atoms with Crippen LogP contribution >= 0.6 is 0 Å². The Morgan fingerprint density at radius 2 is 1.61 bits per heavy atom. The van der Waals surface area contributed by atoms with E-state index in [0.29, 0.717) is 11.5 Å². The van der Waals surface area contributed by atoms with E-state index in [1.54, 1.807) is 12.1 Å². The van der Waals surface area contributed by atoms with Crippen molar-refractivity contribution in [3.63, 3.8) is 0 Å². The van der Waals surface area contributed by atoms with Crippen LogP contribution < -0.4 is 9.47 Å². The van der Waals surface area contributed by atoms with Crippen molar-refractivity contribution in [2.24, 2.45) is 0 Å². The lowest BCUT2D eigenvalue weighted by Gasteiger charge is -2.12. The van der Waals surface area contributed by atoms with E-state index in [-0.39, 0.29) is 16.0 Å². The molecular weight excluding hydrogens is 386 g/mol. The number of carbonyl (C=O) groups excluding carboxylic acids is 2. The molecule has 0 aromatic heterocycles. The maximum Gasteiger partial charge on any atom is 0.338 e. The van der Waals surface area contributed by atoms with Gasteiger partial charge in [0.15, 0.2) is 6.61 Å². The molecule has 0 aliphatic carbocycles. The third-order valence-electron chi connectivity index (χ3n) is 3.91. The number of ether oxygens (including phenoxy) is 3. The van der Waals surface area contributed by atoms with Gasteiger partial charge in [-0.05, 0) is 36.4 Å². The summed E-state index contributed by atoms with van der Waals surface area (Å²) in [6, 6.07) is 9.95. The van der Waals surface area contributed by atoms with Crippen LogP contribution in [0.5, 0.6) is 11.5 Å². The van der Waals surface area contributed by atoms with E-state index >= 15 is 0 Å². The predicted octanol–water partition coefficient (Wildman–Crippen LogP) is 1.99. The second-order valence-electron chi connectivity index (χ2n) is 5.88. The van der Waals surface area contributed by atoms with Crippen LogP contribution in [0.2, 0.25) is 0 Å². The molecule has 9 heteroatoms. The summed E-state index contributed by atoms with van der Waals surface area (Å²) >= 11 is 0.